The van der Waals surface area contributed by atoms with Gasteiger partial charge >= 0.3 is 0 Å². The Morgan fingerprint density at radius 3 is 2.64 bits per heavy atom. The van der Waals surface area contributed by atoms with E-state index in [2.05, 4.69) is 34.6 Å². The molecular formula is C29H29FN2O3S. The first-order valence-electron chi connectivity index (χ1n) is 12.2. The first-order chi connectivity index (χ1) is 17.6. The molecule has 0 atom stereocenters. The molecule has 1 N–H and O–H groups in total. The molecule has 1 aliphatic rings. The Morgan fingerprint density at radius 1 is 1.08 bits per heavy atom. The third kappa shape index (κ3) is 6.16. The van der Waals surface area contributed by atoms with Gasteiger partial charge in [0.2, 0.25) is 0 Å². The summed E-state index contributed by atoms with van der Waals surface area (Å²) in [4.78, 5) is 17.7. The predicted octanol–water partition coefficient (Wildman–Crippen LogP) is 6.54. The van der Waals surface area contributed by atoms with Crippen LogP contribution in [-0.4, -0.2) is 31.0 Å². The molecule has 0 radical (unpaired) electrons. The second kappa shape index (κ2) is 11.3. The van der Waals surface area contributed by atoms with Crippen LogP contribution in [0.3, 0.4) is 0 Å². The largest absolute Gasteiger partial charge is 0.453 e. The molecule has 36 heavy (non-hydrogen) atoms. The van der Waals surface area contributed by atoms with E-state index in [1.165, 1.54) is 11.6 Å². The Kier molecular flexibility index (Phi) is 7.70. The van der Waals surface area contributed by atoms with Gasteiger partial charge in [0.1, 0.15) is 11.5 Å². The van der Waals surface area contributed by atoms with Gasteiger partial charge in [0, 0.05) is 50.2 Å². The average Bonchev–Trinajstić information content (AvgIpc) is 3.57. The molecule has 2 aromatic heterocycles. The average molecular weight is 505 g/mol. The van der Waals surface area contributed by atoms with Gasteiger partial charge < -0.3 is 14.8 Å². The number of ether oxygens (including phenoxy) is 2. The van der Waals surface area contributed by atoms with E-state index in [0.717, 1.165) is 46.6 Å². The standard InChI is InChI=1S/C29H29FN2O3S/c1-34-13-12-31-18-20-4-7-22(8-5-20)28-17-25-29(36-28)27(10-11-32-25)35-26-9-6-21(16-24(26)30)15-23(33)14-19-2-3-19/h4-11,16-17,19,31H,2-3,12-15,18H2,1H3. The molecular weight excluding hydrogens is 475 g/mol. The van der Waals surface area contributed by atoms with Crippen molar-refractivity contribution in [1.82, 2.24) is 10.3 Å². The molecule has 7 heteroatoms. The Labute approximate surface area is 214 Å². The summed E-state index contributed by atoms with van der Waals surface area (Å²) in [6, 6.07) is 17.0. The SMILES string of the molecule is COCCNCc1ccc(-c2cc3nccc(Oc4ccc(CC(=O)CC5CC5)cc4F)c3s2)cc1. The number of Topliss-reactive ketones (excluding diaryl/α,β-unsaturated/α-hetero) is 1. The van der Waals surface area contributed by atoms with Gasteiger partial charge in [-0.05, 0) is 53.6 Å². The Balaban J connectivity index is 1.29. The molecule has 1 aliphatic carbocycles. The van der Waals surface area contributed by atoms with Crippen molar-refractivity contribution in [2.24, 2.45) is 5.92 Å². The number of thiophene rings is 1. The summed E-state index contributed by atoms with van der Waals surface area (Å²) >= 11 is 1.57. The summed E-state index contributed by atoms with van der Waals surface area (Å²) in [6.45, 7) is 2.28. The number of methoxy groups -OCH3 is 1. The number of aromatic nitrogens is 1. The van der Waals surface area contributed by atoms with Crippen molar-refractivity contribution >= 4 is 27.3 Å². The molecule has 2 heterocycles. The second-order valence-electron chi connectivity index (χ2n) is 9.23. The summed E-state index contributed by atoms with van der Waals surface area (Å²) in [6.07, 6.45) is 4.81. The van der Waals surface area contributed by atoms with E-state index in [0.29, 0.717) is 30.3 Å². The summed E-state index contributed by atoms with van der Waals surface area (Å²) in [5.74, 6) is 0.940. The number of pyridine rings is 1. The van der Waals surface area contributed by atoms with Gasteiger partial charge in [-0.15, -0.1) is 11.3 Å². The van der Waals surface area contributed by atoms with Crippen LogP contribution in [0.5, 0.6) is 11.5 Å². The zero-order chi connectivity index (χ0) is 24.9. The van der Waals surface area contributed by atoms with Crippen LogP contribution in [0.1, 0.15) is 30.4 Å². The maximum absolute atomic E-state index is 14.8. The Bertz CT molecular complexity index is 1350. The molecule has 0 spiro atoms. The highest BCUT2D eigenvalue weighted by atomic mass is 32.1. The van der Waals surface area contributed by atoms with Crippen LogP contribution in [0, 0.1) is 11.7 Å². The number of ketones is 1. The lowest BCUT2D eigenvalue weighted by atomic mass is 10.0. The molecule has 1 saturated carbocycles. The van der Waals surface area contributed by atoms with Crippen molar-refractivity contribution in [2.45, 2.75) is 32.2 Å². The lowest BCUT2D eigenvalue weighted by Gasteiger charge is -2.09. The maximum atomic E-state index is 14.8. The molecule has 0 aliphatic heterocycles. The number of halogens is 1. The van der Waals surface area contributed by atoms with E-state index in [1.807, 2.05) is 6.07 Å². The van der Waals surface area contributed by atoms with Crippen LogP contribution in [0.15, 0.2) is 60.8 Å². The zero-order valence-electron chi connectivity index (χ0n) is 20.3. The van der Waals surface area contributed by atoms with Crippen LogP contribution in [0.2, 0.25) is 0 Å². The minimum absolute atomic E-state index is 0.140. The number of benzene rings is 2. The van der Waals surface area contributed by atoms with E-state index in [4.69, 9.17) is 9.47 Å². The van der Waals surface area contributed by atoms with Crippen LogP contribution < -0.4 is 10.1 Å². The molecule has 5 rings (SSSR count). The third-order valence-electron chi connectivity index (χ3n) is 6.26. The van der Waals surface area contributed by atoms with E-state index < -0.39 is 5.82 Å². The van der Waals surface area contributed by atoms with Crippen LogP contribution in [0.4, 0.5) is 4.39 Å². The van der Waals surface area contributed by atoms with Gasteiger partial charge in [-0.1, -0.05) is 30.3 Å². The van der Waals surface area contributed by atoms with Gasteiger partial charge in [0.05, 0.1) is 16.8 Å². The van der Waals surface area contributed by atoms with Crippen molar-refractivity contribution in [3.05, 3.63) is 77.7 Å². The van der Waals surface area contributed by atoms with Crippen LogP contribution in [0.25, 0.3) is 20.7 Å². The van der Waals surface area contributed by atoms with Gasteiger partial charge in [-0.2, -0.15) is 0 Å². The molecule has 4 aromatic rings. The van der Waals surface area contributed by atoms with Crippen molar-refractivity contribution < 1.29 is 18.7 Å². The first kappa shape index (κ1) is 24.6. The summed E-state index contributed by atoms with van der Waals surface area (Å²) in [5.41, 5.74) is 3.78. The minimum atomic E-state index is -0.469. The molecule has 5 nitrogen and oxygen atoms in total. The Morgan fingerprint density at radius 2 is 1.89 bits per heavy atom. The fourth-order valence-corrected chi connectivity index (χ4v) is 5.20. The number of nitrogens with one attached hydrogen (secondary N) is 1. The number of nitrogens with zero attached hydrogens (tertiary/aromatic N) is 1. The summed E-state index contributed by atoms with van der Waals surface area (Å²) < 4.78 is 26.7. The smallest absolute Gasteiger partial charge is 0.166 e. The molecule has 2 aromatic carbocycles. The maximum Gasteiger partial charge on any atom is 0.166 e. The monoisotopic (exact) mass is 504 g/mol. The molecule has 0 amide bonds. The minimum Gasteiger partial charge on any atom is -0.453 e. The number of fused-ring (bicyclic) bond motifs is 1. The second-order valence-corrected chi connectivity index (χ2v) is 10.3. The fourth-order valence-electron chi connectivity index (χ4n) is 4.13. The van der Waals surface area contributed by atoms with E-state index >= 15 is 0 Å². The van der Waals surface area contributed by atoms with E-state index in [-0.39, 0.29) is 18.0 Å². The highest BCUT2D eigenvalue weighted by Gasteiger charge is 2.24. The lowest BCUT2D eigenvalue weighted by molar-refractivity contribution is -0.118. The van der Waals surface area contributed by atoms with Crippen molar-refractivity contribution in [3.63, 3.8) is 0 Å². The predicted molar refractivity (Wildman–Crippen MR) is 141 cm³/mol. The molecule has 0 bridgehead atoms. The number of rotatable bonds is 12. The molecule has 0 unspecified atom stereocenters. The topological polar surface area (TPSA) is 60.4 Å². The zero-order valence-corrected chi connectivity index (χ0v) is 21.1. The van der Waals surface area contributed by atoms with Crippen LogP contribution in [-0.2, 0) is 22.5 Å². The van der Waals surface area contributed by atoms with E-state index in [9.17, 15) is 9.18 Å². The van der Waals surface area contributed by atoms with Crippen molar-refractivity contribution in [3.8, 4) is 21.9 Å². The van der Waals surface area contributed by atoms with E-state index in [1.54, 1.807) is 42.8 Å². The number of carbonyl (C=O) groups excluding carboxylic acids is 1. The van der Waals surface area contributed by atoms with Crippen LogP contribution >= 0.6 is 11.3 Å². The van der Waals surface area contributed by atoms with Crippen molar-refractivity contribution in [1.29, 1.82) is 0 Å². The first-order valence-corrected chi connectivity index (χ1v) is 13.1. The normalized spacial score (nSPS) is 13.3. The Hall–Kier alpha value is -3.13. The highest BCUT2D eigenvalue weighted by Crippen LogP contribution is 2.39. The quantitative estimate of drug-likeness (QED) is 0.222. The van der Waals surface area contributed by atoms with Gasteiger partial charge in [-0.25, -0.2) is 4.39 Å². The number of carbonyl (C=O) groups is 1. The number of hydrogen-bond acceptors (Lipinski definition) is 6. The highest BCUT2D eigenvalue weighted by molar-refractivity contribution is 7.22. The van der Waals surface area contributed by atoms with Gasteiger partial charge in [0.15, 0.2) is 11.6 Å². The fraction of sp³-hybridized carbons (Fsp3) is 0.310. The molecule has 186 valence electrons. The van der Waals surface area contributed by atoms with Crippen molar-refractivity contribution in [2.75, 3.05) is 20.3 Å². The summed E-state index contributed by atoms with van der Waals surface area (Å²) in [5, 5.41) is 3.34. The summed E-state index contributed by atoms with van der Waals surface area (Å²) in [7, 11) is 1.69. The number of hydrogen-bond donors (Lipinski definition) is 1. The third-order valence-corrected chi connectivity index (χ3v) is 7.45. The lowest BCUT2D eigenvalue weighted by Crippen LogP contribution is -2.18. The van der Waals surface area contributed by atoms with Gasteiger partial charge in [0.25, 0.3) is 0 Å². The van der Waals surface area contributed by atoms with Gasteiger partial charge in [-0.3, -0.25) is 9.78 Å². The molecule has 1 fully saturated rings. The molecule has 0 saturated heterocycles.